The van der Waals surface area contributed by atoms with Crippen LogP contribution in [0.4, 0.5) is 0 Å². The van der Waals surface area contributed by atoms with E-state index in [-0.39, 0.29) is 17.9 Å². The maximum Gasteiger partial charge on any atom is 0.320 e. The minimum atomic E-state index is -0.972. The van der Waals surface area contributed by atoms with Crippen molar-refractivity contribution in [1.29, 1.82) is 0 Å². The number of thioether (sulfide) groups is 1. The summed E-state index contributed by atoms with van der Waals surface area (Å²) in [7, 11) is 0. The molecule has 7 unspecified atom stereocenters. The van der Waals surface area contributed by atoms with Gasteiger partial charge in [0.1, 0.15) is 42.3 Å². The van der Waals surface area contributed by atoms with Crippen LogP contribution in [0.5, 0.6) is 0 Å². The molecule has 22 nitrogen and oxygen atoms in total. The molecular weight excluding hydrogens is 933 g/mol. The summed E-state index contributed by atoms with van der Waals surface area (Å²) in [5, 5.41) is 62.6. The Balaban J connectivity index is -0.000000759. The van der Waals surface area contributed by atoms with Crippen LogP contribution in [0.2, 0.25) is 0 Å². The van der Waals surface area contributed by atoms with Crippen LogP contribution in [0.3, 0.4) is 0 Å². The monoisotopic (exact) mass is 1010 g/mol. The van der Waals surface area contributed by atoms with Crippen LogP contribution < -0.4 is 39.7 Å². The fourth-order valence-corrected chi connectivity index (χ4v) is 5.72. The molecule has 21 N–H and O–H groups in total. The molecule has 8 atom stereocenters. The first kappa shape index (κ1) is 68.6. The predicted octanol–water partition coefficient (Wildman–Crippen LogP) is 2.68. The normalized spacial score (nSPS) is 15.3. The van der Waals surface area contributed by atoms with E-state index in [1.807, 2.05) is 94.7 Å². The quantitative estimate of drug-likeness (QED) is 0.0820. The van der Waals surface area contributed by atoms with Gasteiger partial charge in [0, 0.05) is 23.5 Å². The van der Waals surface area contributed by atoms with Gasteiger partial charge < -0.3 is 80.4 Å². The van der Waals surface area contributed by atoms with Crippen molar-refractivity contribution in [3.63, 3.8) is 0 Å². The number of aliphatic carboxylic acids is 7. The first-order valence-corrected chi connectivity index (χ1v) is 23.9. The largest absolute Gasteiger partial charge is 0.480 e. The topological polar surface area (TPSA) is 445 Å². The zero-order valence-electron chi connectivity index (χ0n) is 41.3. The molecule has 0 radical (unpaired) electrons. The fourth-order valence-electron chi connectivity index (χ4n) is 5.23. The van der Waals surface area contributed by atoms with Gasteiger partial charge in [-0.2, -0.15) is 11.8 Å². The van der Waals surface area contributed by atoms with E-state index in [0.29, 0.717) is 31.6 Å². The maximum atomic E-state index is 10.6. The molecule has 23 heteroatoms. The molecule has 4 rings (SSSR count). The van der Waals surface area contributed by atoms with E-state index in [9.17, 15) is 33.6 Å². The van der Waals surface area contributed by atoms with Crippen molar-refractivity contribution in [2.75, 3.05) is 18.6 Å². The van der Waals surface area contributed by atoms with Crippen LogP contribution >= 0.6 is 11.8 Å². The minimum Gasteiger partial charge on any atom is -0.480 e. The third kappa shape index (κ3) is 33.8. The van der Waals surface area contributed by atoms with Gasteiger partial charge >= 0.3 is 41.8 Å². The molecule has 1 aliphatic heterocycles. The van der Waals surface area contributed by atoms with Crippen molar-refractivity contribution < 1.29 is 69.3 Å². The van der Waals surface area contributed by atoms with Gasteiger partial charge in [0.05, 0.1) is 0 Å². The number of carboxylic acids is 7. The third-order valence-electron chi connectivity index (χ3n) is 9.94. The smallest absolute Gasteiger partial charge is 0.320 e. The Labute approximate surface area is 414 Å². The summed E-state index contributed by atoms with van der Waals surface area (Å²) < 4.78 is 0. The van der Waals surface area contributed by atoms with Crippen LogP contribution in [0.25, 0.3) is 10.9 Å². The van der Waals surface area contributed by atoms with E-state index >= 15 is 0 Å². The molecule has 1 aromatic heterocycles. The summed E-state index contributed by atoms with van der Waals surface area (Å²) in [6, 6.07) is 12.4. The average Bonchev–Trinajstić information content (AvgIpc) is 4.00. The number of carboxylic acid groups (broad SMARTS) is 7. The summed E-state index contributed by atoms with van der Waals surface area (Å²) in [6.07, 6.45) is 8.17. The lowest BCUT2D eigenvalue weighted by Gasteiger charge is -2.11. The van der Waals surface area contributed by atoms with E-state index < -0.39 is 78.0 Å². The van der Waals surface area contributed by atoms with Gasteiger partial charge in [0.15, 0.2) is 0 Å². The van der Waals surface area contributed by atoms with Crippen molar-refractivity contribution in [1.82, 2.24) is 10.3 Å². The fraction of sp³-hybridized carbons (Fsp3) is 0.553. The van der Waals surface area contributed by atoms with Gasteiger partial charge in [-0.1, -0.05) is 96.5 Å². The summed E-state index contributed by atoms with van der Waals surface area (Å²) in [6.45, 7) is 12.1. The zero-order chi connectivity index (χ0) is 54.7. The van der Waals surface area contributed by atoms with Crippen molar-refractivity contribution in [2.45, 2.75) is 129 Å². The first-order chi connectivity index (χ1) is 32.5. The van der Waals surface area contributed by atoms with Gasteiger partial charge in [0.25, 0.3) is 0 Å². The van der Waals surface area contributed by atoms with Crippen LogP contribution in [-0.2, 0) is 46.4 Å². The summed E-state index contributed by atoms with van der Waals surface area (Å²) >= 11 is 1.60. The highest BCUT2D eigenvalue weighted by molar-refractivity contribution is 7.98. The van der Waals surface area contributed by atoms with Gasteiger partial charge in [-0.15, -0.1) is 0 Å². The Morgan fingerprint density at radius 2 is 1.13 bits per heavy atom. The Bertz CT molecular complexity index is 1940. The van der Waals surface area contributed by atoms with E-state index in [1.165, 1.54) is 0 Å². The Morgan fingerprint density at radius 1 is 0.643 bits per heavy atom. The lowest BCUT2D eigenvalue weighted by Crippen LogP contribution is -2.36. The molecule has 1 saturated heterocycles. The number of carbonyl (C=O) groups is 7. The zero-order valence-corrected chi connectivity index (χ0v) is 42.1. The number of hydrogen-bond donors (Lipinski definition) is 15. The lowest BCUT2D eigenvalue weighted by atomic mass is 10.0. The molecule has 0 amide bonds. The number of aromatic amines is 1. The molecule has 0 saturated carbocycles. The second kappa shape index (κ2) is 39.1. The number of aromatic nitrogens is 1. The second-order valence-electron chi connectivity index (χ2n) is 16.8. The summed E-state index contributed by atoms with van der Waals surface area (Å²) in [4.78, 5) is 74.6. The second-order valence-corrected chi connectivity index (χ2v) is 17.8. The molecule has 1 fully saturated rings. The van der Waals surface area contributed by atoms with Crippen molar-refractivity contribution in [3.05, 3.63) is 71.9 Å². The Kier molecular flexibility index (Phi) is 38.3. The van der Waals surface area contributed by atoms with Crippen molar-refractivity contribution in [3.8, 4) is 0 Å². The van der Waals surface area contributed by atoms with Gasteiger partial charge in [-0.25, -0.2) is 0 Å². The van der Waals surface area contributed by atoms with E-state index in [4.69, 9.17) is 70.1 Å². The van der Waals surface area contributed by atoms with Crippen LogP contribution in [-0.4, -0.2) is 143 Å². The predicted molar refractivity (Wildman–Crippen MR) is 271 cm³/mol. The molecule has 0 aliphatic carbocycles. The lowest BCUT2D eigenvalue weighted by molar-refractivity contribution is -0.140. The standard InChI is InChI=1S/C11H12N2O2.C9H11NO2.2C6H13NO2.C5H11NO2S.C5H9NO2.C5H11NO2/c12-9(11(14)15)5-7-6-13-10-4-2-1-3-8(7)10;10-8(9(11)12)6-7-4-2-1-3-5-7;1-4(2)3-5(7)6(8)9;1-3-4(2)5(7)6(8)9;1-9-3-2-4(6)5(7)8;7-5(8)4-2-1-3-6-4;1-3(2)4(6)5(7)8/h1-4,6,9,13H,5,12H2,(H,14,15);1-5,8H,6,10H2,(H,11,12);2*4-5H,3,7H2,1-2H3,(H,8,9);4H,2-3,6H2,1H3,(H,7,8);4,6H,1-3H2,(H,7,8);3-4H,6H2,1-2H3,(H,7,8)/t;;;;;4-;/m.....0./s1. The van der Waals surface area contributed by atoms with Crippen molar-refractivity contribution in [2.24, 2.45) is 52.2 Å². The SMILES string of the molecule is CC(C)C(N)C(=O)O.CC(C)CC(N)C(=O)O.CCC(C)C(N)C(=O)O.CSCCC(N)C(=O)O.NC(Cc1c[nH]c2ccccc12)C(=O)O.NC(Cc1ccccc1)C(=O)O.O=C(O)[C@@H]1CCCN1. The van der Waals surface area contributed by atoms with E-state index in [1.54, 1.807) is 25.6 Å². The van der Waals surface area contributed by atoms with Gasteiger partial charge in [0.2, 0.25) is 0 Å². The minimum absolute atomic E-state index is 0.0208. The number of nitrogens with two attached hydrogens (primary N) is 6. The number of rotatable bonds is 19. The van der Waals surface area contributed by atoms with E-state index in [2.05, 4.69) is 10.3 Å². The third-order valence-corrected chi connectivity index (χ3v) is 10.6. The highest BCUT2D eigenvalue weighted by Gasteiger charge is 2.21. The van der Waals surface area contributed by atoms with E-state index in [0.717, 1.165) is 53.6 Å². The molecule has 0 spiro atoms. The maximum absolute atomic E-state index is 10.6. The summed E-state index contributed by atoms with van der Waals surface area (Å²) in [5.41, 5.74) is 34.6. The Morgan fingerprint density at radius 3 is 1.47 bits per heavy atom. The molecule has 0 bridgehead atoms. The molecule has 2 aromatic carbocycles. The van der Waals surface area contributed by atoms with Gasteiger partial charge in [-0.05, 0) is 85.6 Å². The van der Waals surface area contributed by atoms with Crippen molar-refractivity contribution >= 4 is 64.4 Å². The Hall–Kier alpha value is -5.66. The number of hydrogen-bond acceptors (Lipinski definition) is 15. The number of para-hydroxylation sites is 1. The number of nitrogens with one attached hydrogen (secondary N) is 2. The molecule has 3 aromatic rings. The van der Waals surface area contributed by atoms with Gasteiger partial charge in [-0.3, -0.25) is 33.6 Å². The number of fused-ring (bicyclic) bond motifs is 1. The molecule has 398 valence electrons. The highest BCUT2D eigenvalue weighted by Crippen LogP contribution is 2.18. The van der Waals surface area contributed by atoms with Crippen LogP contribution in [0, 0.1) is 17.8 Å². The molecule has 70 heavy (non-hydrogen) atoms. The average molecular weight is 1010 g/mol. The molecule has 2 heterocycles. The number of H-pyrrole nitrogens is 1. The summed E-state index contributed by atoms with van der Waals surface area (Å²) in [5.74, 6) is -5.06. The van der Waals surface area contributed by atoms with Crippen LogP contribution in [0.15, 0.2) is 60.8 Å². The number of benzene rings is 2. The molecule has 1 aliphatic rings. The molecular formula is C47H80N8O14S. The first-order valence-electron chi connectivity index (χ1n) is 22.5. The highest BCUT2D eigenvalue weighted by atomic mass is 32.2. The van der Waals surface area contributed by atoms with Crippen LogP contribution in [0.1, 0.15) is 84.8 Å².